The molecule has 156 valence electrons. The topological polar surface area (TPSA) is 26.3 Å². The summed E-state index contributed by atoms with van der Waals surface area (Å²) in [4.78, 5) is 13.3. The standard InChI is InChI=1S/C23H33ClNO2.HI/c1-25-15-5-2-8-21(25)18(7-6-16-25)17-27-22(26)23(13-3-4-14-23)19-9-11-20(24)12-10-19;/h9-12,18,21H,2-8,13-17H2,1H3;1H/q+1;/p-1/t18-,21+,25?;/m0./s1. The van der Waals surface area contributed by atoms with Gasteiger partial charge in [-0.3, -0.25) is 4.79 Å². The average molecular weight is 518 g/mol. The summed E-state index contributed by atoms with van der Waals surface area (Å²) in [6, 6.07) is 8.51. The van der Waals surface area contributed by atoms with E-state index in [1.165, 1.54) is 49.7 Å². The molecule has 0 radical (unpaired) electrons. The van der Waals surface area contributed by atoms with Crippen LogP contribution in [-0.2, 0) is 14.9 Å². The van der Waals surface area contributed by atoms with Crippen molar-refractivity contribution in [3.05, 3.63) is 34.9 Å². The minimum absolute atomic E-state index is 0. The van der Waals surface area contributed by atoms with Gasteiger partial charge in [-0.25, -0.2) is 0 Å². The van der Waals surface area contributed by atoms with Crippen molar-refractivity contribution in [2.24, 2.45) is 5.92 Å². The molecule has 2 aliphatic heterocycles. The predicted octanol–water partition coefficient (Wildman–Crippen LogP) is 2.11. The van der Waals surface area contributed by atoms with Crippen molar-refractivity contribution in [2.45, 2.75) is 69.2 Å². The van der Waals surface area contributed by atoms with Crippen LogP contribution in [0.4, 0.5) is 0 Å². The van der Waals surface area contributed by atoms with E-state index in [1.807, 2.05) is 24.3 Å². The second kappa shape index (κ2) is 9.22. The van der Waals surface area contributed by atoms with Gasteiger partial charge in [0, 0.05) is 17.4 Å². The lowest BCUT2D eigenvalue weighted by Crippen LogP contribution is -3.00. The largest absolute Gasteiger partial charge is 1.00 e. The zero-order valence-electron chi connectivity index (χ0n) is 17.0. The number of carbonyl (C=O) groups excluding carboxylic acids is 1. The number of fused-ring (bicyclic) bond motifs is 1. The molecular weight excluding hydrogens is 485 g/mol. The van der Waals surface area contributed by atoms with Gasteiger partial charge in [0.15, 0.2) is 0 Å². The zero-order valence-corrected chi connectivity index (χ0v) is 19.9. The lowest BCUT2D eigenvalue weighted by Gasteiger charge is -2.51. The molecule has 1 unspecified atom stereocenters. The molecule has 2 heterocycles. The van der Waals surface area contributed by atoms with E-state index in [0.717, 1.165) is 36.3 Å². The average Bonchev–Trinajstić information content (AvgIpc) is 3.17. The summed E-state index contributed by atoms with van der Waals surface area (Å²) in [7, 11) is 2.42. The number of halogens is 2. The Bertz CT molecular complexity index is 670. The molecular formula is C23H33ClINO2. The maximum atomic E-state index is 13.3. The molecule has 0 N–H and O–H groups in total. The van der Waals surface area contributed by atoms with Crippen LogP contribution in [0.2, 0.25) is 5.02 Å². The highest BCUT2D eigenvalue weighted by Crippen LogP contribution is 2.43. The molecule has 1 aliphatic carbocycles. The van der Waals surface area contributed by atoms with Gasteiger partial charge in [0.2, 0.25) is 0 Å². The summed E-state index contributed by atoms with van der Waals surface area (Å²) >= 11 is 6.07. The number of benzene rings is 1. The first-order valence-corrected chi connectivity index (χ1v) is 11.2. The van der Waals surface area contributed by atoms with Crippen LogP contribution in [0, 0.1) is 5.92 Å². The van der Waals surface area contributed by atoms with Gasteiger partial charge in [-0.2, -0.15) is 0 Å². The molecule has 1 aromatic rings. The van der Waals surface area contributed by atoms with Gasteiger partial charge in [0.1, 0.15) is 0 Å². The van der Waals surface area contributed by atoms with Crippen molar-refractivity contribution in [1.82, 2.24) is 0 Å². The summed E-state index contributed by atoms with van der Waals surface area (Å²) in [5.41, 5.74) is 0.626. The fourth-order valence-electron chi connectivity index (χ4n) is 6.11. The van der Waals surface area contributed by atoms with Crippen molar-refractivity contribution in [3.63, 3.8) is 0 Å². The highest BCUT2D eigenvalue weighted by atomic mass is 127. The first-order chi connectivity index (χ1) is 13.0. The van der Waals surface area contributed by atoms with Gasteiger partial charge < -0.3 is 33.2 Å². The van der Waals surface area contributed by atoms with Crippen LogP contribution in [0.1, 0.15) is 63.4 Å². The molecule has 5 heteroatoms. The van der Waals surface area contributed by atoms with Crippen LogP contribution < -0.4 is 24.0 Å². The van der Waals surface area contributed by atoms with Crippen molar-refractivity contribution in [2.75, 3.05) is 26.7 Å². The van der Waals surface area contributed by atoms with Gasteiger partial charge in [-0.15, -0.1) is 0 Å². The molecule has 1 saturated carbocycles. The molecule has 28 heavy (non-hydrogen) atoms. The van der Waals surface area contributed by atoms with Gasteiger partial charge in [-0.1, -0.05) is 36.6 Å². The van der Waals surface area contributed by atoms with Crippen molar-refractivity contribution >= 4 is 17.6 Å². The van der Waals surface area contributed by atoms with Crippen LogP contribution >= 0.6 is 11.6 Å². The molecule has 0 amide bonds. The first-order valence-electron chi connectivity index (χ1n) is 10.8. The van der Waals surface area contributed by atoms with E-state index in [9.17, 15) is 4.79 Å². The second-order valence-corrected chi connectivity index (χ2v) is 9.72. The zero-order chi connectivity index (χ0) is 18.9. The number of carbonyl (C=O) groups is 1. The lowest BCUT2D eigenvalue weighted by molar-refractivity contribution is -0.947. The Morgan fingerprint density at radius 1 is 1.07 bits per heavy atom. The highest BCUT2D eigenvalue weighted by molar-refractivity contribution is 6.30. The van der Waals surface area contributed by atoms with Crippen LogP contribution in [0.5, 0.6) is 0 Å². The van der Waals surface area contributed by atoms with Crippen LogP contribution in [0.3, 0.4) is 0 Å². The third-order valence-electron chi connectivity index (χ3n) is 7.68. The number of quaternary nitrogens is 1. The monoisotopic (exact) mass is 517 g/mol. The van der Waals surface area contributed by atoms with Gasteiger partial charge >= 0.3 is 5.97 Å². The molecule has 0 bridgehead atoms. The minimum Gasteiger partial charge on any atom is -1.00 e. The SMILES string of the molecule is C[N+]12CCCC[C@@H]1[C@H](COC(=O)C1(c3ccc(Cl)cc3)CCCC1)CCC2.[I-]. The molecule has 3 nitrogen and oxygen atoms in total. The van der Waals surface area contributed by atoms with Crippen LogP contribution in [-0.4, -0.2) is 43.2 Å². The van der Waals surface area contributed by atoms with Gasteiger partial charge in [0.05, 0.1) is 38.2 Å². The van der Waals surface area contributed by atoms with E-state index < -0.39 is 5.41 Å². The number of esters is 1. The summed E-state index contributed by atoms with van der Waals surface area (Å²) in [5.74, 6) is 0.523. The molecule has 0 spiro atoms. The first kappa shape index (κ1) is 22.4. The molecule has 4 rings (SSSR count). The number of hydrogen-bond acceptors (Lipinski definition) is 2. The van der Waals surface area contributed by atoms with E-state index in [-0.39, 0.29) is 29.9 Å². The number of nitrogens with zero attached hydrogens (tertiary/aromatic N) is 1. The van der Waals surface area contributed by atoms with Gasteiger partial charge in [0.25, 0.3) is 0 Å². The van der Waals surface area contributed by atoms with E-state index in [4.69, 9.17) is 16.3 Å². The summed E-state index contributed by atoms with van der Waals surface area (Å²) < 4.78 is 7.26. The molecule has 3 fully saturated rings. The summed E-state index contributed by atoms with van der Waals surface area (Å²) in [5, 5.41) is 0.719. The molecule has 2 saturated heterocycles. The number of ether oxygens (including phenoxy) is 1. The Labute approximate surface area is 191 Å². The normalized spacial score (nSPS) is 31.5. The van der Waals surface area contributed by atoms with Crippen molar-refractivity contribution in [1.29, 1.82) is 0 Å². The van der Waals surface area contributed by atoms with E-state index in [0.29, 0.717) is 18.6 Å². The number of rotatable bonds is 4. The third kappa shape index (κ3) is 4.24. The molecule has 3 atom stereocenters. The van der Waals surface area contributed by atoms with Crippen molar-refractivity contribution < 1.29 is 38.0 Å². The minimum atomic E-state index is -0.454. The summed E-state index contributed by atoms with van der Waals surface area (Å²) in [6.07, 6.45) is 10.4. The molecule has 1 aromatic carbocycles. The predicted molar refractivity (Wildman–Crippen MR) is 109 cm³/mol. The summed E-state index contributed by atoms with van der Waals surface area (Å²) in [6.45, 7) is 3.19. The lowest BCUT2D eigenvalue weighted by atomic mass is 9.78. The fraction of sp³-hybridized carbons (Fsp3) is 0.696. The maximum Gasteiger partial charge on any atom is 0.316 e. The Balaban J connectivity index is 0.00000225. The van der Waals surface area contributed by atoms with E-state index >= 15 is 0 Å². The smallest absolute Gasteiger partial charge is 0.316 e. The van der Waals surface area contributed by atoms with Crippen LogP contribution in [0.25, 0.3) is 0 Å². The van der Waals surface area contributed by atoms with E-state index in [2.05, 4.69) is 7.05 Å². The van der Waals surface area contributed by atoms with Crippen molar-refractivity contribution in [3.8, 4) is 0 Å². The molecule has 0 aromatic heterocycles. The Morgan fingerprint density at radius 2 is 1.75 bits per heavy atom. The third-order valence-corrected chi connectivity index (χ3v) is 7.93. The van der Waals surface area contributed by atoms with Crippen LogP contribution in [0.15, 0.2) is 24.3 Å². The number of piperidine rings is 2. The fourth-order valence-corrected chi connectivity index (χ4v) is 6.23. The maximum absolute atomic E-state index is 13.3. The second-order valence-electron chi connectivity index (χ2n) is 9.29. The Morgan fingerprint density at radius 3 is 2.46 bits per heavy atom. The van der Waals surface area contributed by atoms with E-state index in [1.54, 1.807) is 0 Å². The Kier molecular flexibility index (Phi) is 7.36. The molecule has 3 aliphatic rings. The quantitative estimate of drug-likeness (QED) is 0.347. The Hall–Kier alpha value is -0.330. The highest BCUT2D eigenvalue weighted by Gasteiger charge is 2.47. The number of hydrogen-bond donors (Lipinski definition) is 0. The van der Waals surface area contributed by atoms with Gasteiger partial charge in [-0.05, 0) is 56.2 Å².